The smallest absolute Gasteiger partial charge is 0.488 e. The zero-order valence-corrected chi connectivity index (χ0v) is 13.6. The van der Waals surface area contributed by atoms with Gasteiger partial charge in [0.15, 0.2) is 0 Å². The highest BCUT2D eigenvalue weighted by atomic mass is 32.3. The van der Waals surface area contributed by atoms with Gasteiger partial charge in [-0.1, -0.05) is 0 Å². The first-order chi connectivity index (χ1) is 11.5. The highest BCUT2D eigenvalue weighted by Crippen LogP contribution is 2.05. The van der Waals surface area contributed by atoms with E-state index < -0.39 is 10.4 Å². The molecule has 0 aliphatic rings. The topological polar surface area (TPSA) is 206 Å². The summed E-state index contributed by atoms with van der Waals surface area (Å²) in [5, 5.41) is 23.5. The second kappa shape index (κ2) is 9.57. The number of aromatic nitrogens is 4. The van der Waals surface area contributed by atoms with Crippen LogP contribution in [0.15, 0.2) is 24.5 Å². The molecule has 0 radical (unpaired) electrons. The second-order valence-electron chi connectivity index (χ2n) is 3.88. The summed E-state index contributed by atoms with van der Waals surface area (Å²) in [4.78, 5) is 26.7. The van der Waals surface area contributed by atoms with Crippen LogP contribution in [0.25, 0.3) is 9.95 Å². The maximum atomic E-state index is 10.6. The van der Waals surface area contributed by atoms with Gasteiger partial charge in [-0.05, 0) is 0 Å². The molecule has 14 nitrogen and oxygen atoms in total. The first-order valence-corrected chi connectivity index (χ1v) is 7.31. The lowest BCUT2D eigenvalue weighted by molar-refractivity contribution is 0.0913. The average molecular weight is 370 g/mol. The van der Waals surface area contributed by atoms with E-state index in [4.69, 9.17) is 28.3 Å². The van der Waals surface area contributed by atoms with Crippen LogP contribution >= 0.6 is 0 Å². The minimum Gasteiger partial charge on any atom is -0.759 e. The normalized spacial score (nSPS) is 9.36. The van der Waals surface area contributed by atoms with Crippen LogP contribution < -0.4 is 0 Å². The van der Waals surface area contributed by atoms with Crippen LogP contribution in [0.4, 0.5) is 11.6 Å². The molecule has 0 saturated carbocycles. The number of rotatable bonds is 0. The Hall–Kier alpha value is -3.53. The van der Waals surface area contributed by atoms with Crippen molar-refractivity contribution in [1.29, 1.82) is 10.8 Å². The molecule has 0 aromatic carbocycles. The van der Waals surface area contributed by atoms with Crippen molar-refractivity contribution < 1.29 is 27.1 Å². The van der Waals surface area contributed by atoms with Gasteiger partial charge in [0.05, 0.1) is 45.5 Å². The number of carbonyl (C=O) groups excluding carboxylic acids is 2. The van der Waals surface area contributed by atoms with Crippen molar-refractivity contribution in [3.8, 4) is 0 Å². The minimum absolute atomic E-state index is 0.134. The number of hydrogen-bond donors (Lipinski definition) is 0. The highest BCUT2D eigenvalue weighted by Gasteiger charge is 2.12. The molecule has 25 heavy (non-hydrogen) atoms. The van der Waals surface area contributed by atoms with Crippen LogP contribution in [-0.4, -0.2) is 48.9 Å². The molecule has 0 spiro atoms. The van der Waals surface area contributed by atoms with Crippen molar-refractivity contribution in [2.24, 2.45) is 0 Å². The lowest BCUT2D eigenvalue weighted by atomic mass is 10.6. The third-order valence-electron chi connectivity index (χ3n) is 2.00. The molecule has 0 N–H and O–H groups in total. The van der Waals surface area contributed by atoms with E-state index >= 15 is 0 Å². The first kappa shape index (κ1) is 21.5. The summed E-state index contributed by atoms with van der Waals surface area (Å²) < 4.78 is 36.3. The Balaban J connectivity index is 0.000000368. The molecule has 2 heterocycles. The molecular weight excluding hydrogens is 360 g/mol. The van der Waals surface area contributed by atoms with E-state index in [-0.39, 0.29) is 23.5 Å². The standard InChI is InChI=1S/2C5H5N4O.H2O4S/c2*1-4(10)9-3-2-5(7-6)8-9;1-5(2,3)4/h2*2-3H,1H3;(H2,1,2,3,4)/q2*+1;/p-2. The molecule has 0 amide bonds. The van der Waals surface area contributed by atoms with Crippen molar-refractivity contribution >= 4 is 33.8 Å². The van der Waals surface area contributed by atoms with Crippen molar-refractivity contribution in [2.75, 3.05) is 0 Å². The van der Waals surface area contributed by atoms with Gasteiger partial charge in [-0.3, -0.25) is 18.0 Å². The lowest BCUT2D eigenvalue weighted by Gasteiger charge is -2.06. The number of hydrogen-bond acceptors (Lipinski definition) is 10. The van der Waals surface area contributed by atoms with Gasteiger partial charge >= 0.3 is 11.6 Å². The second-order valence-corrected chi connectivity index (χ2v) is 4.70. The molecule has 0 unspecified atom stereocenters. The zero-order valence-electron chi connectivity index (χ0n) is 12.7. The Kier molecular flexibility index (Phi) is 8.22. The van der Waals surface area contributed by atoms with Gasteiger partial charge in [-0.25, -0.2) is 0 Å². The van der Waals surface area contributed by atoms with Crippen LogP contribution in [0.3, 0.4) is 0 Å². The highest BCUT2D eigenvalue weighted by molar-refractivity contribution is 7.79. The Labute approximate surface area is 140 Å². The summed E-state index contributed by atoms with van der Waals surface area (Å²) >= 11 is 0. The molecule has 132 valence electrons. The predicted molar refractivity (Wildman–Crippen MR) is 77.0 cm³/mol. The van der Waals surface area contributed by atoms with Gasteiger partial charge in [0.2, 0.25) is 0 Å². The van der Waals surface area contributed by atoms with E-state index in [9.17, 15) is 9.59 Å². The zero-order chi connectivity index (χ0) is 19.6. The van der Waals surface area contributed by atoms with Gasteiger partial charge in [0.25, 0.3) is 11.8 Å². The van der Waals surface area contributed by atoms with Gasteiger partial charge in [0, 0.05) is 34.2 Å². The fourth-order valence-electron chi connectivity index (χ4n) is 1.09. The van der Waals surface area contributed by atoms with E-state index in [0.717, 1.165) is 9.36 Å². The molecule has 2 rings (SSSR count). The van der Waals surface area contributed by atoms with Gasteiger partial charge in [0.1, 0.15) is 0 Å². The monoisotopic (exact) mass is 370 g/mol. The van der Waals surface area contributed by atoms with Crippen LogP contribution in [0.1, 0.15) is 23.4 Å². The fraction of sp³-hybridized carbons (Fsp3) is 0.200. The number of carbonyl (C=O) groups is 2. The van der Waals surface area contributed by atoms with Gasteiger partial charge in [-0.2, -0.15) is 0 Å². The molecule has 0 bridgehead atoms. The molecule has 2 aromatic heterocycles. The SMILES string of the molecule is CC(=O)n1ccc([N+]#N)n1.CC(=O)n1ccc([N+]#N)n1.O=S(=O)([O-])[O-]. The molecule has 15 heteroatoms. The van der Waals surface area contributed by atoms with E-state index in [1.807, 2.05) is 0 Å². The van der Waals surface area contributed by atoms with Crippen LogP contribution in [0.2, 0.25) is 0 Å². The maximum Gasteiger partial charge on any atom is 0.488 e. The molecule has 2 aromatic rings. The Morgan fingerprint density at radius 1 is 0.960 bits per heavy atom. The quantitative estimate of drug-likeness (QED) is 0.360. The van der Waals surface area contributed by atoms with Crippen molar-refractivity contribution in [2.45, 2.75) is 13.8 Å². The largest absolute Gasteiger partial charge is 0.759 e. The maximum absolute atomic E-state index is 10.6. The molecular formula is C10H10N8O6S. The summed E-state index contributed by atoms with van der Waals surface area (Å²) in [6.07, 6.45) is 2.86. The summed E-state index contributed by atoms with van der Waals surface area (Å²) in [6.45, 7) is 2.74. The summed E-state index contributed by atoms with van der Waals surface area (Å²) in [5.41, 5.74) is 0. The van der Waals surface area contributed by atoms with Gasteiger partial charge in [-0.15, -0.1) is 9.36 Å². The number of diazo groups is 2. The minimum atomic E-state index is -5.17. The van der Waals surface area contributed by atoms with Crippen LogP contribution in [0, 0.1) is 10.8 Å². The third kappa shape index (κ3) is 9.97. The van der Waals surface area contributed by atoms with Crippen LogP contribution in [0.5, 0.6) is 0 Å². The van der Waals surface area contributed by atoms with Crippen molar-refractivity contribution in [1.82, 2.24) is 19.6 Å². The van der Waals surface area contributed by atoms with Crippen LogP contribution in [-0.2, 0) is 10.4 Å². The molecule has 0 fully saturated rings. The Bertz CT molecular complexity index is 861. The molecule has 0 aliphatic heterocycles. The first-order valence-electron chi connectivity index (χ1n) is 5.98. The van der Waals surface area contributed by atoms with Crippen molar-refractivity contribution in [3.05, 3.63) is 34.5 Å². The third-order valence-corrected chi connectivity index (χ3v) is 2.00. The molecule has 0 aliphatic carbocycles. The molecule has 0 atom stereocenters. The van der Waals surface area contributed by atoms with E-state index in [0.29, 0.717) is 0 Å². The average Bonchev–Trinajstić information content (AvgIpc) is 3.15. The summed E-state index contributed by atoms with van der Waals surface area (Å²) in [6, 6.07) is 2.86. The summed E-state index contributed by atoms with van der Waals surface area (Å²) in [5.74, 6) is -0.157. The summed E-state index contributed by atoms with van der Waals surface area (Å²) in [7, 11) is -5.17. The van der Waals surface area contributed by atoms with E-state index in [1.54, 1.807) is 0 Å². The lowest BCUT2D eigenvalue weighted by Crippen LogP contribution is -2.04. The fourth-order valence-corrected chi connectivity index (χ4v) is 1.09. The van der Waals surface area contributed by atoms with E-state index in [2.05, 4.69) is 20.1 Å². The van der Waals surface area contributed by atoms with Crippen molar-refractivity contribution in [3.63, 3.8) is 0 Å². The van der Waals surface area contributed by atoms with E-state index in [1.165, 1.54) is 38.4 Å². The number of nitrogens with zero attached hydrogens (tertiary/aromatic N) is 8. The predicted octanol–water partition coefficient (Wildman–Crippen LogP) is 0.718. The Morgan fingerprint density at radius 2 is 1.24 bits per heavy atom. The molecule has 0 saturated heterocycles. The van der Waals surface area contributed by atoms with Gasteiger partial charge < -0.3 is 9.11 Å². The Morgan fingerprint density at radius 3 is 1.36 bits per heavy atom.